The molecule has 2 aromatic carbocycles. The number of carbonyl (C=O) groups excluding carboxylic acids is 1. The van der Waals surface area contributed by atoms with Gasteiger partial charge < -0.3 is 14.9 Å². The molecule has 2 N–H and O–H groups in total. The van der Waals surface area contributed by atoms with E-state index in [1.54, 1.807) is 31.2 Å². The number of phenolic OH excluding ortho intramolecular Hbond substituents is 1. The van der Waals surface area contributed by atoms with E-state index < -0.39 is 11.8 Å². The zero-order valence-corrected chi connectivity index (χ0v) is 15.2. The van der Waals surface area contributed by atoms with Crippen molar-refractivity contribution in [1.29, 1.82) is 0 Å². The summed E-state index contributed by atoms with van der Waals surface area (Å²) in [4.78, 5) is 16.8. The van der Waals surface area contributed by atoms with Crippen LogP contribution in [0.15, 0.2) is 69.8 Å². The quantitative estimate of drug-likeness (QED) is 0.744. The van der Waals surface area contributed by atoms with Crippen LogP contribution in [0, 0.1) is 5.82 Å². The van der Waals surface area contributed by atoms with Gasteiger partial charge in [0, 0.05) is 0 Å². The van der Waals surface area contributed by atoms with Crippen LogP contribution >= 0.6 is 11.8 Å². The van der Waals surface area contributed by atoms with E-state index in [0.717, 1.165) is 11.8 Å². The highest BCUT2D eigenvalue weighted by Gasteiger charge is 2.33. The van der Waals surface area contributed by atoms with Gasteiger partial charge in [-0.25, -0.2) is 14.2 Å². The molecular formula is C20H16FNO4S. The maximum atomic E-state index is 14.0. The summed E-state index contributed by atoms with van der Waals surface area (Å²) >= 11 is 1.02. The number of halogens is 1. The first-order valence-electron chi connectivity index (χ1n) is 8.12. The number of para-hydroxylation sites is 1. The molecule has 0 radical (unpaired) electrons. The van der Waals surface area contributed by atoms with E-state index in [0.29, 0.717) is 10.5 Å². The molecule has 0 unspecified atom stereocenters. The zero-order valence-electron chi connectivity index (χ0n) is 14.3. The lowest BCUT2D eigenvalue weighted by Gasteiger charge is -2.04. The van der Waals surface area contributed by atoms with E-state index in [1.165, 1.54) is 30.3 Å². The summed E-state index contributed by atoms with van der Waals surface area (Å²) in [6.45, 7) is 1.77. The van der Waals surface area contributed by atoms with Crippen LogP contribution in [0.3, 0.4) is 0 Å². The van der Waals surface area contributed by atoms with Crippen LogP contribution in [0.1, 0.15) is 12.5 Å². The lowest BCUT2D eigenvalue weighted by Crippen LogP contribution is -2.12. The number of benzene rings is 2. The fraction of sp³-hybridized carbons (Fsp3) is 0.100. The molecule has 0 spiro atoms. The lowest BCUT2D eigenvalue weighted by atomic mass is 10.1. The maximum absolute atomic E-state index is 14.0. The Morgan fingerprint density at radius 3 is 2.70 bits per heavy atom. The van der Waals surface area contributed by atoms with Crippen molar-refractivity contribution < 1.29 is 24.1 Å². The Bertz CT molecular complexity index is 981. The number of nitrogens with zero attached hydrogens (tertiary/aromatic N) is 1. The van der Waals surface area contributed by atoms with E-state index in [-0.39, 0.29) is 34.4 Å². The molecule has 1 heterocycles. The molecule has 7 heteroatoms. The smallest absolute Gasteiger partial charge is 0.344 e. The number of ether oxygens (including phenoxy) is 1. The Kier molecular flexibility index (Phi) is 5.61. The highest BCUT2D eigenvalue weighted by Crippen LogP contribution is 2.40. The van der Waals surface area contributed by atoms with E-state index in [9.17, 15) is 19.4 Å². The van der Waals surface area contributed by atoms with Gasteiger partial charge in [-0.15, -0.1) is 0 Å². The van der Waals surface area contributed by atoms with Crippen LogP contribution in [0.25, 0.3) is 6.08 Å². The Labute approximate surface area is 159 Å². The highest BCUT2D eigenvalue weighted by molar-refractivity contribution is 8.18. The van der Waals surface area contributed by atoms with Gasteiger partial charge in [-0.1, -0.05) is 36.0 Å². The molecule has 0 fully saturated rings. The van der Waals surface area contributed by atoms with Gasteiger partial charge in [0.15, 0.2) is 0 Å². The second-order valence-electron chi connectivity index (χ2n) is 5.52. The summed E-state index contributed by atoms with van der Waals surface area (Å²) in [5, 5.41) is 20.3. The minimum absolute atomic E-state index is 0.0493. The molecular weight excluding hydrogens is 369 g/mol. The van der Waals surface area contributed by atoms with Crippen molar-refractivity contribution in [3.63, 3.8) is 0 Å². The third-order valence-electron chi connectivity index (χ3n) is 3.61. The van der Waals surface area contributed by atoms with Crippen LogP contribution in [-0.4, -0.2) is 27.8 Å². The second-order valence-corrected chi connectivity index (χ2v) is 6.55. The average Bonchev–Trinajstić information content (AvgIpc) is 2.92. The van der Waals surface area contributed by atoms with Crippen LogP contribution in [0.5, 0.6) is 5.75 Å². The second kappa shape index (κ2) is 8.09. The fourth-order valence-electron chi connectivity index (χ4n) is 2.41. The predicted octanol–water partition coefficient (Wildman–Crippen LogP) is 4.72. The van der Waals surface area contributed by atoms with Gasteiger partial charge in [-0.05, 0) is 42.8 Å². The van der Waals surface area contributed by atoms with E-state index in [4.69, 9.17) is 4.74 Å². The van der Waals surface area contributed by atoms with Gasteiger partial charge in [0.25, 0.3) is 0 Å². The summed E-state index contributed by atoms with van der Waals surface area (Å²) < 4.78 is 19.0. The van der Waals surface area contributed by atoms with E-state index in [1.807, 2.05) is 0 Å². The van der Waals surface area contributed by atoms with Crippen molar-refractivity contribution in [3.8, 4) is 5.75 Å². The van der Waals surface area contributed by atoms with Crippen molar-refractivity contribution in [3.05, 3.63) is 76.1 Å². The summed E-state index contributed by atoms with van der Waals surface area (Å²) in [5.74, 6) is -1.51. The normalized spacial score (nSPS) is 17.0. The van der Waals surface area contributed by atoms with Crippen LogP contribution in [0.2, 0.25) is 0 Å². The summed E-state index contributed by atoms with van der Waals surface area (Å²) in [7, 11) is 0. The molecule has 1 aliphatic rings. The standard InChI is InChI=1S/C20H16FNO4S/c1-2-26-20(25)17-18(24)16(11-12-6-5-7-13(23)10-12)27-19(17)22-15-9-4-3-8-14(15)21/h3-11,23-24H,2H2,1H3/b16-11+,22-19?. The number of aromatic hydroxyl groups is 1. The number of hydrogen-bond donors (Lipinski definition) is 2. The van der Waals surface area contributed by atoms with Crippen molar-refractivity contribution in [2.75, 3.05) is 6.61 Å². The maximum Gasteiger partial charge on any atom is 0.344 e. The number of aliphatic imine (C=N–C) groups is 1. The Morgan fingerprint density at radius 1 is 1.22 bits per heavy atom. The van der Waals surface area contributed by atoms with Crippen LogP contribution in [-0.2, 0) is 9.53 Å². The number of thioether (sulfide) groups is 1. The van der Waals surface area contributed by atoms with Crippen molar-refractivity contribution in [2.24, 2.45) is 4.99 Å². The number of hydrogen-bond acceptors (Lipinski definition) is 6. The van der Waals surface area contributed by atoms with Gasteiger partial charge in [0.05, 0.1) is 11.5 Å². The minimum atomic E-state index is -0.739. The third kappa shape index (κ3) is 4.20. The Morgan fingerprint density at radius 2 is 2.00 bits per heavy atom. The Hall–Kier alpha value is -3.06. The summed E-state index contributed by atoms with van der Waals surface area (Å²) in [5.41, 5.74) is 0.559. The molecule has 0 atom stereocenters. The molecule has 0 aliphatic carbocycles. The number of esters is 1. The Balaban J connectivity index is 2.07. The third-order valence-corrected chi connectivity index (χ3v) is 4.63. The van der Waals surface area contributed by atoms with E-state index >= 15 is 0 Å². The molecule has 2 aromatic rings. The molecule has 0 amide bonds. The number of rotatable bonds is 4. The molecule has 0 aromatic heterocycles. The number of aliphatic hydroxyl groups is 1. The van der Waals surface area contributed by atoms with Gasteiger partial charge in [0.1, 0.15) is 33.6 Å². The first-order valence-corrected chi connectivity index (χ1v) is 8.94. The molecule has 3 rings (SSSR count). The molecule has 0 saturated heterocycles. The topological polar surface area (TPSA) is 79.1 Å². The first kappa shape index (κ1) is 18.7. The molecule has 0 saturated carbocycles. The van der Waals surface area contributed by atoms with Crippen molar-refractivity contribution >= 4 is 34.5 Å². The van der Waals surface area contributed by atoms with Gasteiger partial charge in [-0.2, -0.15) is 0 Å². The number of carbonyl (C=O) groups is 1. The monoisotopic (exact) mass is 385 g/mol. The van der Waals surface area contributed by atoms with Crippen LogP contribution < -0.4 is 0 Å². The van der Waals surface area contributed by atoms with Gasteiger partial charge in [-0.3, -0.25) is 0 Å². The molecule has 27 heavy (non-hydrogen) atoms. The lowest BCUT2D eigenvalue weighted by molar-refractivity contribution is -0.138. The predicted molar refractivity (Wildman–Crippen MR) is 103 cm³/mol. The van der Waals surface area contributed by atoms with Crippen LogP contribution in [0.4, 0.5) is 10.1 Å². The van der Waals surface area contributed by atoms with Gasteiger partial charge >= 0.3 is 5.97 Å². The van der Waals surface area contributed by atoms with Gasteiger partial charge in [0.2, 0.25) is 0 Å². The zero-order chi connectivity index (χ0) is 19.4. The molecule has 0 bridgehead atoms. The largest absolute Gasteiger partial charge is 0.508 e. The van der Waals surface area contributed by atoms with E-state index in [2.05, 4.69) is 4.99 Å². The number of aliphatic hydroxyl groups excluding tert-OH is 1. The average molecular weight is 385 g/mol. The SMILES string of the molecule is CCOC(=O)C1=C(O)/C(=C\c2cccc(O)c2)SC1=Nc1ccccc1F. The summed E-state index contributed by atoms with van der Waals surface area (Å²) in [6, 6.07) is 12.3. The summed E-state index contributed by atoms with van der Waals surface area (Å²) in [6.07, 6.45) is 1.60. The molecule has 1 aliphatic heterocycles. The fourth-order valence-corrected chi connectivity index (χ4v) is 3.44. The highest BCUT2D eigenvalue weighted by atomic mass is 32.2. The van der Waals surface area contributed by atoms with Crippen molar-refractivity contribution in [1.82, 2.24) is 0 Å². The molecule has 138 valence electrons. The molecule has 5 nitrogen and oxygen atoms in total. The number of phenols is 1. The minimum Gasteiger partial charge on any atom is -0.508 e. The van der Waals surface area contributed by atoms with Crippen molar-refractivity contribution in [2.45, 2.75) is 6.92 Å². The first-order chi connectivity index (χ1) is 13.0.